The van der Waals surface area contributed by atoms with Gasteiger partial charge < -0.3 is 16.8 Å². The van der Waals surface area contributed by atoms with Crippen molar-refractivity contribution in [3.05, 3.63) is 71.6 Å². The summed E-state index contributed by atoms with van der Waals surface area (Å²) in [6, 6.07) is 11.9. The standard InChI is InChI=1S/C20H18FN3O.C5H5N5/c1-2-15-19(17-5-3-4-10-22-17)18(20(25)23-13-7-8-13)14-11-12(21)6-9-16(14)24-15;6-1-3-4(7)9-2-10-5(3)8/h3-6,9-11,13H,2,7-8H2,1H3,(H,23,25);2H,(H4,7,8,9,10). The van der Waals surface area contributed by atoms with Crippen LogP contribution in [0.25, 0.3) is 22.2 Å². The van der Waals surface area contributed by atoms with E-state index in [9.17, 15) is 9.18 Å². The van der Waals surface area contributed by atoms with Crippen molar-refractivity contribution in [2.45, 2.75) is 32.2 Å². The number of carbonyl (C=O) groups is 1. The number of nitrogen functional groups attached to an aromatic ring is 2. The number of nitrogens with zero attached hydrogens (tertiary/aromatic N) is 5. The first kappa shape index (κ1) is 23.5. The Hall–Kier alpha value is -4.65. The Morgan fingerprint density at radius 1 is 1.17 bits per heavy atom. The number of aromatic nitrogens is 4. The Morgan fingerprint density at radius 2 is 1.91 bits per heavy atom. The predicted octanol–water partition coefficient (Wildman–Crippen LogP) is 3.40. The summed E-state index contributed by atoms with van der Waals surface area (Å²) in [7, 11) is 0. The molecule has 4 aromatic rings. The number of pyridine rings is 2. The maximum absolute atomic E-state index is 13.9. The lowest BCUT2D eigenvalue weighted by atomic mass is 9.95. The molecule has 0 unspecified atom stereocenters. The number of rotatable bonds is 4. The second-order valence-electron chi connectivity index (χ2n) is 7.92. The highest BCUT2D eigenvalue weighted by Gasteiger charge is 2.28. The van der Waals surface area contributed by atoms with Crippen LogP contribution in [0.4, 0.5) is 16.0 Å². The molecule has 1 aromatic carbocycles. The second kappa shape index (κ2) is 10.1. The van der Waals surface area contributed by atoms with Crippen LogP contribution in [0.5, 0.6) is 0 Å². The maximum atomic E-state index is 13.9. The molecular formula is C25H23FN8O. The van der Waals surface area contributed by atoms with Crippen LogP contribution < -0.4 is 16.8 Å². The monoisotopic (exact) mass is 470 g/mol. The molecule has 0 radical (unpaired) electrons. The largest absolute Gasteiger partial charge is 0.382 e. The van der Waals surface area contributed by atoms with Crippen molar-refractivity contribution < 1.29 is 9.18 Å². The summed E-state index contributed by atoms with van der Waals surface area (Å²) in [4.78, 5) is 29.2. The van der Waals surface area contributed by atoms with Gasteiger partial charge in [-0.25, -0.2) is 14.4 Å². The summed E-state index contributed by atoms with van der Waals surface area (Å²) in [6.07, 6.45) is 5.53. The number of benzene rings is 1. The Morgan fingerprint density at radius 3 is 2.49 bits per heavy atom. The minimum atomic E-state index is -0.383. The highest BCUT2D eigenvalue weighted by molar-refractivity contribution is 6.12. The minimum Gasteiger partial charge on any atom is -0.382 e. The molecule has 0 atom stereocenters. The number of nitrogens with one attached hydrogen (secondary N) is 1. The van der Waals surface area contributed by atoms with Crippen LogP contribution in [0.2, 0.25) is 0 Å². The molecule has 1 aliphatic rings. The fraction of sp³-hybridized carbons (Fsp3) is 0.200. The van der Waals surface area contributed by atoms with E-state index in [1.165, 1.54) is 18.5 Å². The van der Waals surface area contributed by atoms with Crippen molar-refractivity contribution >= 4 is 28.4 Å². The third-order valence-corrected chi connectivity index (χ3v) is 5.44. The van der Waals surface area contributed by atoms with Gasteiger partial charge in [0.05, 0.1) is 22.5 Å². The molecule has 1 saturated carbocycles. The van der Waals surface area contributed by atoms with E-state index >= 15 is 0 Å². The number of nitrogens with two attached hydrogens (primary N) is 2. The number of amides is 1. The number of carbonyl (C=O) groups excluding carboxylic acids is 1. The van der Waals surface area contributed by atoms with Crippen LogP contribution in [-0.2, 0) is 6.42 Å². The molecule has 1 aliphatic carbocycles. The molecule has 9 nitrogen and oxygen atoms in total. The van der Waals surface area contributed by atoms with E-state index in [0.717, 1.165) is 18.5 Å². The molecule has 10 heteroatoms. The average Bonchev–Trinajstić information content (AvgIpc) is 3.68. The lowest BCUT2D eigenvalue weighted by Gasteiger charge is -2.16. The quantitative estimate of drug-likeness (QED) is 0.410. The van der Waals surface area contributed by atoms with Crippen LogP contribution in [0.1, 0.15) is 41.4 Å². The Balaban J connectivity index is 0.000000243. The summed E-state index contributed by atoms with van der Waals surface area (Å²) in [5, 5.41) is 12.0. The van der Waals surface area contributed by atoms with E-state index in [1.807, 2.05) is 25.1 Å². The number of hydrogen-bond donors (Lipinski definition) is 3. The zero-order valence-corrected chi connectivity index (χ0v) is 19.0. The number of nitriles is 1. The van der Waals surface area contributed by atoms with E-state index in [-0.39, 0.29) is 35.0 Å². The van der Waals surface area contributed by atoms with Crippen LogP contribution in [0.15, 0.2) is 48.9 Å². The van der Waals surface area contributed by atoms with E-state index in [2.05, 4.69) is 25.3 Å². The second-order valence-corrected chi connectivity index (χ2v) is 7.92. The van der Waals surface area contributed by atoms with E-state index in [4.69, 9.17) is 16.7 Å². The zero-order valence-electron chi connectivity index (χ0n) is 19.0. The molecular weight excluding hydrogens is 447 g/mol. The average molecular weight is 471 g/mol. The maximum Gasteiger partial charge on any atom is 0.252 e. The number of hydrogen-bond acceptors (Lipinski definition) is 8. The number of aryl methyl sites for hydroxylation is 1. The fourth-order valence-electron chi connectivity index (χ4n) is 3.58. The zero-order chi connectivity index (χ0) is 24.9. The molecule has 3 aromatic heterocycles. The summed E-state index contributed by atoms with van der Waals surface area (Å²) < 4.78 is 13.9. The summed E-state index contributed by atoms with van der Waals surface area (Å²) >= 11 is 0. The first-order valence-electron chi connectivity index (χ1n) is 11.0. The van der Waals surface area contributed by atoms with Gasteiger partial charge in [0, 0.05) is 23.2 Å². The minimum absolute atomic E-state index is 0.120. The summed E-state index contributed by atoms with van der Waals surface area (Å²) in [5.41, 5.74) is 14.0. The van der Waals surface area contributed by atoms with Crippen LogP contribution in [-0.4, -0.2) is 31.9 Å². The Kier molecular flexibility index (Phi) is 6.78. The smallest absolute Gasteiger partial charge is 0.252 e. The van der Waals surface area contributed by atoms with Gasteiger partial charge in [-0.15, -0.1) is 0 Å². The van der Waals surface area contributed by atoms with Gasteiger partial charge in [-0.1, -0.05) is 13.0 Å². The van der Waals surface area contributed by atoms with E-state index < -0.39 is 0 Å². The van der Waals surface area contributed by atoms with Gasteiger partial charge in [-0.05, 0) is 49.6 Å². The summed E-state index contributed by atoms with van der Waals surface area (Å²) in [6.45, 7) is 1.99. The van der Waals surface area contributed by atoms with Crippen molar-refractivity contribution in [3.63, 3.8) is 0 Å². The van der Waals surface area contributed by atoms with Crippen molar-refractivity contribution in [2.24, 2.45) is 0 Å². The highest BCUT2D eigenvalue weighted by Crippen LogP contribution is 2.33. The van der Waals surface area contributed by atoms with Crippen LogP contribution in [0, 0.1) is 17.1 Å². The van der Waals surface area contributed by atoms with Gasteiger partial charge >= 0.3 is 0 Å². The predicted molar refractivity (Wildman–Crippen MR) is 130 cm³/mol. The van der Waals surface area contributed by atoms with Crippen molar-refractivity contribution in [1.29, 1.82) is 5.26 Å². The van der Waals surface area contributed by atoms with Gasteiger partial charge in [0.1, 0.15) is 35.4 Å². The molecule has 35 heavy (non-hydrogen) atoms. The SMILES string of the molecule is CCc1nc2ccc(F)cc2c(C(=O)NC2CC2)c1-c1ccccn1.N#Cc1c(N)ncnc1N. The van der Waals surface area contributed by atoms with Crippen LogP contribution >= 0.6 is 0 Å². The van der Waals surface area contributed by atoms with Crippen molar-refractivity contribution in [3.8, 4) is 17.3 Å². The number of fused-ring (bicyclic) bond motifs is 1. The molecule has 0 bridgehead atoms. The number of halogens is 1. The van der Waals surface area contributed by atoms with Gasteiger partial charge in [-0.2, -0.15) is 5.26 Å². The van der Waals surface area contributed by atoms with Gasteiger partial charge in [0.2, 0.25) is 0 Å². The molecule has 0 aliphatic heterocycles. The first-order chi connectivity index (χ1) is 16.9. The topological polar surface area (TPSA) is 156 Å². The lowest BCUT2D eigenvalue weighted by molar-refractivity contribution is 0.0953. The third-order valence-electron chi connectivity index (χ3n) is 5.44. The molecule has 5 rings (SSSR count). The van der Waals surface area contributed by atoms with Gasteiger partial charge in [-0.3, -0.25) is 14.8 Å². The Labute approximate surface area is 201 Å². The third kappa shape index (κ3) is 5.14. The lowest BCUT2D eigenvalue weighted by Crippen LogP contribution is -2.27. The highest BCUT2D eigenvalue weighted by atomic mass is 19.1. The van der Waals surface area contributed by atoms with Crippen molar-refractivity contribution in [1.82, 2.24) is 25.3 Å². The number of anilines is 2. The normalized spacial score (nSPS) is 12.4. The molecule has 0 spiro atoms. The molecule has 3 heterocycles. The molecule has 1 amide bonds. The van der Waals surface area contributed by atoms with Crippen LogP contribution in [0.3, 0.4) is 0 Å². The van der Waals surface area contributed by atoms with Gasteiger partial charge in [0.25, 0.3) is 5.91 Å². The molecule has 5 N–H and O–H groups in total. The molecule has 1 fully saturated rings. The van der Waals surface area contributed by atoms with Gasteiger partial charge in [0.15, 0.2) is 0 Å². The van der Waals surface area contributed by atoms with E-state index in [1.54, 1.807) is 18.3 Å². The van der Waals surface area contributed by atoms with Crippen molar-refractivity contribution in [2.75, 3.05) is 11.5 Å². The molecule has 0 saturated heterocycles. The first-order valence-corrected chi connectivity index (χ1v) is 11.0. The summed E-state index contributed by atoms with van der Waals surface area (Å²) in [5.74, 6) is -0.327. The molecule has 176 valence electrons. The Bertz CT molecular complexity index is 1410. The van der Waals surface area contributed by atoms with E-state index in [0.29, 0.717) is 34.1 Å². The fourth-order valence-corrected chi connectivity index (χ4v) is 3.58.